The van der Waals surface area contributed by atoms with Crippen molar-refractivity contribution in [3.63, 3.8) is 0 Å². The van der Waals surface area contributed by atoms with Gasteiger partial charge in [0.05, 0.1) is 0 Å². The second kappa shape index (κ2) is 9.25. The van der Waals surface area contributed by atoms with E-state index in [0.29, 0.717) is 11.4 Å². The third kappa shape index (κ3) is 4.87. The van der Waals surface area contributed by atoms with Crippen LogP contribution >= 0.6 is 11.6 Å². The third-order valence-corrected chi connectivity index (χ3v) is 5.86. The first-order valence-corrected chi connectivity index (χ1v) is 10.5. The van der Waals surface area contributed by atoms with E-state index >= 15 is 0 Å². The predicted octanol–water partition coefficient (Wildman–Crippen LogP) is 5.48. The Kier molecular flexibility index (Phi) is 6.28. The van der Waals surface area contributed by atoms with Crippen LogP contribution in [0.3, 0.4) is 0 Å². The highest BCUT2D eigenvalue weighted by atomic mass is 35.5. The maximum atomic E-state index is 13.0. The zero-order valence-electron chi connectivity index (χ0n) is 16.4. The molecule has 1 saturated heterocycles. The standard InChI is InChI=1S/C25H25ClN2O/c26-22-13-11-21(12-14-22)25(29)19-24(20-7-3-1-4-8-20)28-17-15-27(16-18-28)23-9-5-2-6-10-23/h1-14,24H,15-19H2. The molecule has 4 heteroatoms. The highest BCUT2D eigenvalue weighted by Crippen LogP contribution is 2.28. The molecule has 1 aliphatic heterocycles. The van der Waals surface area contributed by atoms with Crippen molar-refractivity contribution in [2.75, 3.05) is 31.1 Å². The summed E-state index contributed by atoms with van der Waals surface area (Å²) in [7, 11) is 0. The molecule has 0 saturated carbocycles. The van der Waals surface area contributed by atoms with Crippen molar-refractivity contribution >= 4 is 23.1 Å². The number of piperazine rings is 1. The largest absolute Gasteiger partial charge is 0.369 e. The Bertz CT molecular complexity index is 920. The van der Waals surface area contributed by atoms with E-state index in [9.17, 15) is 4.79 Å². The van der Waals surface area contributed by atoms with Crippen molar-refractivity contribution < 1.29 is 4.79 Å². The van der Waals surface area contributed by atoms with Crippen LogP contribution in [0.15, 0.2) is 84.9 Å². The lowest BCUT2D eigenvalue weighted by atomic mass is 9.96. The minimum Gasteiger partial charge on any atom is -0.369 e. The summed E-state index contributed by atoms with van der Waals surface area (Å²) in [5, 5.41) is 0.651. The Morgan fingerprint density at radius 1 is 0.793 bits per heavy atom. The lowest BCUT2D eigenvalue weighted by Gasteiger charge is -2.40. The number of para-hydroxylation sites is 1. The van der Waals surface area contributed by atoms with E-state index < -0.39 is 0 Å². The fraction of sp³-hybridized carbons (Fsp3) is 0.240. The minimum atomic E-state index is 0.0808. The Balaban J connectivity index is 1.49. The average Bonchev–Trinajstić information content (AvgIpc) is 2.79. The molecule has 0 N–H and O–H groups in total. The van der Waals surface area contributed by atoms with Crippen molar-refractivity contribution in [2.45, 2.75) is 12.5 Å². The zero-order chi connectivity index (χ0) is 20.1. The van der Waals surface area contributed by atoms with Crippen molar-refractivity contribution in [2.24, 2.45) is 0 Å². The molecule has 0 spiro atoms. The van der Waals surface area contributed by atoms with E-state index in [1.54, 1.807) is 12.1 Å². The van der Waals surface area contributed by atoms with Gasteiger partial charge in [0.15, 0.2) is 5.78 Å². The molecule has 0 radical (unpaired) electrons. The summed E-state index contributed by atoms with van der Waals surface area (Å²) >= 11 is 5.98. The van der Waals surface area contributed by atoms with Gasteiger partial charge in [0.25, 0.3) is 0 Å². The SMILES string of the molecule is O=C(CC(c1ccccc1)N1CCN(c2ccccc2)CC1)c1ccc(Cl)cc1. The number of Topliss-reactive ketones (excluding diaryl/α,β-unsaturated/α-hetero) is 1. The van der Waals surface area contributed by atoms with Crippen molar-refractivity contribution in [1.29, 1.82) is 0 Å². The van der Waals surface area contributed by atoms with E-state index in [1.807, 2.05) is 24.3 Å². The van der Waals surface area contributed by atoms with Gasteiger partial charge in [-0.2, -0.15) is 0 Å². The molecule has 3 aromatic rings. The normalized spacial score (nSPS) is 15.8. The molecule has 1 heterocycles. The second-order valence-electron chi connectivity index (χ2n) is 7.42. The molecular weight excluding hydrogens is 380 g/mol. The van der Waals surface area contributed by atoms with E-state index in [1.165, 1.54) is 11.3 Å². The van der Waals surface area contributed by atoms with E-state index in [4.69, 9.17) is 11.6 Å². The number of anilines is 1. The monoisotopic (exact) mass is 404 g/mol. The maximum Gasteiger partial charge on any atom is 0.164 e. The van der Waals surface area contributed by atoms with E-state index in [0.717, 1.165) is 31.7 Å². The molecule has 3 aromatic carbocycles. The Morgan fingerprint density at radius 3 is 2.00 bits per heavy atom. The van der Waals surface area contributed by atoms with Crippen LogP contribution in [-0.4, -0.2) is 36.9 Å². The minimum absolute atomic E-state index is 0.0808. The molecule has 1 atom stereocenters. The van der Waals surface area contributed by atoms with Crippen molar-refractivity contribution in [3.05, 3.63) is 101 Å². The first-order valence-electron chi connectivity index (χ1n) is 10.1. The zero-order valence-corrected chi connectivity index (χ0v) is 17.1. The molecule has 3 nitrogen and oxygen atoms in total. The number of benzene rings is 3. The van der Waals surface area contributed by atoms with Crippen LogP contribution < -0.4 is 4.90 Å². The highest BCUT2D eigenvalue weighted by Gasteiger charge is 2.27. The molecule has 29 heavy (non-hydrogen) atoms. The van der Waals surface area contributed by atoms with Gasteiger partial charge in [-0.3, -0.25) is 9.69 Å². The number of carbonyl (C=O) groups excluding carboxylic acids is 1. The molecular formula is C25H25ClN2O. The Labute approximate surface area is 177 Å². The Hall–Kier alpha value is -2.62. The fourth-order valence-electron chi connectivity index (χ4n) is 3.99. The van der Waals surface area contributed by atoms with Gasteiger partial charge < -0.3 is 4.90 Å². The molecule has 148 valence electrons. The van der Waals surface area contributed by atoms with Crippen LogP contribution in [0.5, 0.6) is 0 Å². The predicted molar refractivity (Wildman–Crippen MR) is 120 cm³/mol. The van der Waals surface area contributed by atoms with Crippen LogP contribution in [0.1, 0.15) is 28.4 Å². The van der Waals surface area contributed by atoms with Crippen molar-refractivity contribution in [3.8, 4) is 0 Å². The summed E-state index contributed by atoms with van der Waals surface area (Å²) in [5.74, 6) is 0.154. The molecule has 0 aliphatic carbocycles. The van der Waals surface area contributed by atoms with Crippen LogP contribution in [0.2, 0.25) is 5.02 Å². The van der Waals surface area contributed by atoms with Crippen LogP contribution in [0, 0.1) is 0 Å². The summed E-state index contributed by atoms with van der Waals surface area (Å²) in [6.07, 6.45) is 0.469. The summed E-state index contributed by atoms with van der Waals surface area (Å²) in [6, 6.07) is 28.2. The lowest BCUT2D eigenvalue weighted by Crippen LogP contribution is -2.48. The first kappa shape index (κ1) is 19.7. The number of carbonyl (C=O) groups is 1. The quantitative estimate of drug-likeness (QED) is 0.508. The van der Waals surface area contributed by atoms with E-state index in [-0.39, 0.29) is 11.8 Å². The number of rotatable bonds is 6. The van der Waals surface area contributed by atoms with Gasteiger partial charge in [-0.25, -0.2) is 0 Å². The van der Waals surface area contributed by atoms with Gasteiger partial charge in [-0.15, -0.1) is 0 Å². The summed E-state index contributed by atoms with van der Waals surface area (Å²) < 4.78 is 0. The smallest absolute Gasteiger partial charge is 0.164 e. The average molecular weight is 405 g/mol. The topological polar surface area (TPSA) is 23.6 Å². The fourth-order valence-corrected chi connectivity index (χ4v) is 4.12. The molecule has 0 bridgehead atoms. The number of hydrogen-bond donors (Lipinski definition) is 0. The van der Waals surface area contributed by atoms with Gasteiger partial charge in [0.1, 0.15) is 0 Å². The lowest BCUT2D eigenvalue weighted by molar-refractivity contribution is 0.0910. The molecule has 1 unspecified atom stereocenters. The first-order chi connectivity index (χ1) is 14.2. The number of hydrogen-bond acceptors (Lipinski definition) is 3. The maximum absolute atomic E-state index is 13.0. The summed E-state index contributed by atoms with van der Waals surface area (Å²) in [5.41, 5.74) is 3.18. The van der Waals surface area contributed by atoms with Gasteiger partial charge >= 0.3 is 0 Å². The summed E-state index contributed by atoms with van der Waals surface area (Å²) in [6.45, 7) is 3.79. The Morgan fingerprint density at radius 2 is 1.38 bits per heavy atom. The summed E-state index contributed by atoms with van der Waals surface area (Å²) in [4.78, 5) is 17.9. The van der Waals surface area contributed by atoms with Crippen molar-refractivity contribution in [1.82, 2.24) is 4.90 Å². The van der Waals surface area contributed by atoms with Gasteiger partial charge in [0, 0.05) is 54.9 Å². The van der Waals surface area contributed by atoms with Gasteiger partial charge in [-0.1, -0.05) is 60.1 Å². The molecule has 0 aromatic heterocycles. The number of halogens is 1. The van der Waals surface area contributed by atoms with Crippen LogP contribution in [0.4, 0.5) is 5.69 Å². The van der Waals surface area contributed by atoms with Crippen LogP contribution in [-0.2, 0) is 0 Å². The number of nitrogens with zero attached hydrogens (tertiary/aromatic N) is 2. The third-order valence-electron chi connectivity index (χ3n) is 5.61. The second-order valence-corrected chi connectivity index (χ2v) is 7.86. The molecule has 4 rings (SSSR count). The van der Waals surface area contributed by atoms with Crippen LogP contribution in [0.25, 0.3) is 0 Å². The molecule has 1 fully saturated rings. The van der Waals surface area contributed by atoms with E-state index in [2.05, 4.69) is 58.3 Å². The molecule has 0 amide bonds. The highest BCUT2D eigenvalue weighted by molar-refractivity contribution is 6.30. The van der Waals surface area contributed by atoms with Gasteiger partial charge in [0.2, 0.25) is 0 Å². The molecule has 1 aliphatic rings. The van der Waals surface area contributed by atoms with Gasteiger partial charge in [-0.05, 0) is 42.0 Å². The number of ketones is 1.